The number of aliphatic hydroxyl groups is 1. The molecule has 0 unspecified atom stereocenters. The lowest BCUT2D eigenvalue weighted by atomic mass is 10.2. The molecule has 1 N–H and O–H groups in total. The van der Waals surface area contributed by atoms with Crippen molar-refractivity contribution in [2.75, 3.05) is 6.61 Å². The lowest BCUT2D eigenvalue weighted by molar-refractivity contribution is 0.310. The Morgan fingerprint density at radius 1 is 1.37 bits per heavy atom. The van der Waals surface area contributed by atoms with E-state index in [2.05, 4.69) is 11.8 Å². The van der Waals surface area contributed by atoms with Crippen LogP contribution in [0.3, 0.4) is 0 Å². The lowest BCUT2D eigenvalue weighted by Crippen LogP contribution is -1.93. The lowest BCUT2D eigenvalue weighted by Gasteiger charge is -2.07. The van der Waals surface area contributed by atoms with Gasteiger partial charge in [-0.3, -0.25) is 0 Å². The number of ether oxygens (including phenoxy) is 1. The van der Waals surface area contributed by atoms with Crippen LogP contribution in [0, 0.1) is 18.8 Å². The third-order valence-electron chi connectivity index (χ3n) is 2.42. The zero-order valence-electron chi connectivity index (χ0n) is 10.4. The molecule has 0 fully saturated rings. The quantitative estimate of drug-likeness (QED) is 0.875. The van der Waals surface area contributed by atoms with Crippen LogP contribution < -0.4 is 4.74 Å². The third-order valence-corrected chi connectivity index (χ3v) is 3.63. The van der Waals surface area contributed by atoms with E-state index in [1.165, 1.54) is 0 Å². The Hall–Kier alpha value is -1.47. The van der Waals surface area contributed by atoms with Crippen molar-refractivity contribution < 1.29 is 9.84 Å². The van der Waals surface area contributed by atoms with Gasteiger partial charge in [0.2, 0.25) is 0 Å². The molecule has 2 aromatic rings. The van der Waals surface area contributed by atoms with Crippen molar-refractivity contribution >= 4 is 22.9 Å². The van der Waals surface area contributed by atoms with E-state index >= 15 is 0 Å². The molecular weight excluding hydrogens is 280 g/mol. The topological polar surface area (TPSA) is 29.5 Å². The van der Waals surface area contributed by atoms with E-state index in [4.69, 9.17) is 21.4 Å². The van der Waals surface area contributed by atoms with Gasteiger partial charge in [-0.2, -0.15) is 0 Å². The van der Waals surface area contributed by atoms with Gasteiger partial charge in [-0.25, -0.2) is 0 Å². The Kier molecular flexibility index (Phi) is 4.86. The van der Waals surface area contributed by atoms with E-state index in [9.17, 15) is 0 Å². The van der Waals surface area contributed by atoms with Crippen molar-refractivity contribution in [2.45, 2.75) is 13.5 Å². The van der Waals surface area contributed by atoms with E-state index in [1.807, 2.05) is 36.6 Å². The van der Waals surface area contributed by atoms with Crippen LogP contribution >= 0.6 is 22.9 Å². The van der Waals surface area contributed by atoms with Crippen molar-refractivity contribution in [3.8, 4) is 17.6 Å². The van der Waals surface area contributed by atoms with Crippen LogP contribution in [-0.2, 0) is 6.61 Å². The smallest absolute Gasteiger partial charge is 0.138 e. The van der Waals surface area contributed by atoms with Crippen LogP contribution in [0.1, 0.15) is 16.0 Å². The zero-order chi connectivity index (χ0) is 13.7. The molecule has 2 nitrogen and oxygen atoms in total. The molecular formula is C15H13ClO2S. The molecule has 4 heteroatoms. The average Bonchev–Trinajstić information content (AvgIpc) is 2.83. The first-order chi connectivity index (χ1) is 9.19. The normalized spacial score (nSPS) is 9.84. The predicted molar refractivity (Wildman–Crippen MR) is 78.8 cm³/mol. The first-order valence-corrected chi connectivity index (χ1v) is 7.01. The highest BCUT2D eigenvalue weighted by Crippen LogP contribution is 2.26. The van der Waals surface area contributed by atoms with Gasteiger partial charge in [0.1, 0.15) is 19.0 Å². The average molecular weight is 293 g/mol. The molecule has 0 amide bonds. The summed E-state index contributed by atoms with van der Waals surface area (Å²) in [6, 6.07) is 7.67. The molecule has 2 rings (SSSR count). The summed E-state index contributed by atoms with van der Waals surface area (Å²) in [6.45, 7) is 2.33. The summed E-state index contributed by atoms with van der Waals surface area (Å²) >= 11 is 7.67. The molecule has 0 bridgehead atoms. The fourth-order valence-electron chi connectivity index (χ4n) is 1.54. The van der Waals surface area contributed by atoms with Gasteiger partial charge in [-0.15, -0.1) is 11.3 Å². The minimum Gasteiger partial charge on any atom is -0.487 e. The van der Waals surface area contributed by atoms with Gasteiger partial charge < -0.3 is 9.84 Å². The van der Waals surface area contributed by atoms with Gasteiger partial charge in [0.25, 0.3) is 0 Å². The van der Waals surface area contributed by atoms with E-state index in [0.29, 0.717) is 17.4 Å². The number of aliphatic hydroxyl groups excluding tert-OH is 1. The van der Waals surface area contributed by atoms with Gasteiger partial charge in [0.15, 0.2) is 0 Å². The maximum absolute atomic E-state index is 8.63. The minimum atomic E-state index is -0.124. The highest BCUT2D eigenvalue weighted by atomic mass is 35.5. The molecule has 98 valence electrons. The third kappa shape index (κ3) is 4.00. The Morgan fingerprint density at radius 2 is 2.21 bits per heavy atom. The van der Waals surface area contributed by atoms with E-state index in [1.54, 1.807) is 11.3 Å². The number of aryl methyl sites for hydroxylation is 1. The summed E-state index contributed by atoms with van der Waals surface area (Å²) in [4.78, 5) is 1.07. The van der Waals surface area contributed by atoms with Crippen LogP contribution in [0.2, 0.25) is 5.02 Å². The molecule has 0 aliphatic carbocycles. The first kappa shape index (κ1) is 14.0. The molecule has 0 saturated heterocycles. The van der Waals surface area contributed by atoms with Crippen molar-refractivity contribution in [2.24, 2.45) is 0 Å². The second kappa shape index (κ2) is 6.63. The van der Waals surface area contributed by atoms with Crippen LogP contribution in [0.5, 0.6) is 5.75 Å². The standard InChI is InChI=1S/C15H13ClO2S/c1-11-4-5-15(14(16)7-11)18-9-13-8-12(10-19-13)3-2-6-17/h4-5,7-8,10,17H,6,9H2,1H3. The summed E-state index contributed by atoms with van der Waals surface area (Å²) < 4.78 is 5.68. The van der Waals surface area contributed by atoms with Crippen LogP contribution in [0.15, 0.2) is 29.6 Å². The first-order valence-electron chi connectivity index (χ1n) is 5.75. The molecule has 0 aliphatic heterocycles. The van der Waals surface area contributed by atoms with E-state index in [0.717, 1.165) is 16.0 Å². The van der Waals surface area contributed by atoms with Gasteiger partial charge >= 0.3 is 0 Å². The summed E-state index contributed by atoms with van der Waals surface area (Å²) in [6.07, 6.45) is 0. The molecule has 1 aromatic heterocycles. The van der Waals surface area contributed by atoms with Gasteiger partial charge in [-0.1, -0.05) is 29.5 Å². The van der Waals surface area contributed by atoms with Crippen molar-refractivity contribution in [3.63, 3.8) is 0 Å². The number of thiophene rings is 1. The summed E-state index contributed by atoms with van der Waals surface area (Å²) in [7, 11) is 0. The minimum absolute atomic E-state index is 0.124. The molecule has 19 heavy (non-hydrogen) atoms. The largest absolute Gasteiger partial charge is 0.487 e. The van der Waals surface area contributed by atoms with Crippen molar-refractivity contribution in [1.82, 2.24) is 0 Å². The van der Waals surface area contributed by atoms with Gasteiger partial charge in [0, 0.05) is 15.8 Å². The summed E-state index contributed by atoms with van der Waals surface area (Å²) in [5.74, 6) is 6.16. The Labute approximate surface area is 121 Å². The maximum Gasteiger partial charge on any atom is 0.138 e. The Morgan fingerprint density at radius 3 is 2.95 bits per heavy atom. The zero-order valence-corrected chi connectivity index (χ0v) is 12.0. The molecule has 1 aromatic carbocycles. The van der Waals surface area contributed by atoms with E-state index in [-0.39, 0.29) is 6.61 Å². The fraction of sp³-hybridized carbons (Fsp3) is 0.200. The molecule has 1 heterocycles. The summed E-state index contributed by atoms with van der Waals surface area (Å²) in [5.41, 5.74) is 2.00. The molecule has 0 radical (unpaired) electrons. The van der Waals surface area contributed by atoms with Crippen LogP contribution in [-0.4, -0.2) is 11.7 Å². The highest BCUT2D eigenvalue weighted by molar-refractivity contribution is 7.10. The number of rotatable bonds is 3. The number of benzene rings is 1. The molecule has 0 aliphatic rings. The van der Waals surface area contributed by atoms with Crippen LogP contribution in [0.25, 0.3) is 0 Å². The SMILES string of the molecule is Cc1ccc(OCc2cc(C#CCO)cs2)c(Cl)c1. The monoisotopic (exact) mass is 292 g/mol. The fourth-order valence-corrected chi connectivity index (χ4v) is 2.55. The van der Waals surface area contributed by atoms with Gasteiger partial charge in [0.05, 0.1) is 5.02 Å². The number of hydrogen-bond acceptors (Lipinski definition) is 3. The Bertz CT molecular complexity index is 623. The number of halogens is 1. The molecule has 0 atom stereocenters. The molecule has 0 saturated carbocycles. The predicted octanol–water partition coefficient (Wildman–Crippen LogP) is 3.63. The van der Waals surface area contributed by atoms with E-state index < -0.39 is 0 Å². The molecule has 0 spiro atoms. The maximum atomic E-state index is 8.63. The van der Waals surface area contributed by atoms with Gasteiger partial charge in [-0.05, 0) is 30.7 Å². The van der Waals surface area contributed by atoms with Crippen molar-refractivity contribution in [3.05, 3.63) is 50.7 Å². The van der Waals surface area contributed by atoms with Crippen LogP contribution in [0.4, 0.5) is 0 Å². The second-order valence-corrected chi connectivity index (χ2v) is 5.39. The van der Waals surface area contributed by atoms with Crippen molar-refractivity contribution in [1.29, 1.82) is 0 Å². The summed E-state index contributed by atoms with van der Waals surface area (Å²) in [5, 5.41) is 11.2. The number of hydrogen-bond donors (Lipinski definition) is 1. The second-order valence-electron chi connectivity index (χ2n) is 3.98. The highest BCUT2D eigenvalue weighted by Gasteiger charge is 2.03. The Balaban J connectivity index is 2.00.